The fourth-order valence-electron chi connectivity index (χ4n) is 1.52. The topological polar surface area (TPSA) is 59.5 Å². The maximum absolute atomic E-state index is 11.8. The first-order valence-electron chi connectivity index (χ1n) is 5.73. The lowest BCUT2D eigenvalue weighted by Crippen LogP contribution is -2.26. The van der Waals surface area contributed by atoms with Crippen molar-refractivity contribution in [2.24, 2.45) is 5.73 Å². The van der Waals surface area contributed by atoms with E-state index in [0.29, 0.717) is 17.6 Å². The van der Waals surface area contributed by atoms with E-state index in [4.69, 9.17) is 10.2 Å². The Kier molecular flexibility index (Phi) is 5.71. The SMILES string of the molecule is CC(N)CCCC(=O)N(C)Cc1ccc(Br)o1. The summed E-state index contributed by atoms with van der Waals surface area (Å²) in [5.74, 6) is 0.901. The van der Waals surface area contributed by atoms with Crippen molar-refractivity contribution in [3.63, 3.8) is 0 Å². The Labute approximate surface area is 110 Å². The number of carbonyl (C=O) groups excluding carboxylic acids is 1. The second-order valence-corrected chi connectivity index (χ2v) is 5.11. The van der Waals surface area contributed by atoms with Gasteiger partial charge >= 0.3 is 0 Å². The lowest BCUT2D eigenvalue weighted by Gasteiger charge is -2.15. The predicted molar refractivity (Wildman–Crippen MR) is 70.4 cm³/mol. The predicted octanol–water partition coefficient (Wildman–Crippen LogP) is 2.52. The third-order valence-corrected chi connectivity index (χ3v) is 2.92. The molecule has 1 aromatic heterocycles. The normalized spacial score (nSPS) is 12.5. The lowest BCUT2D eigenvalue weighted by molar-refractivity contribution is -0.130. The Hall–Kier alpha value is -0.810. The Morgan fingerprint density at radius 2 is 2.29 bits per heavy atom. The summed E-state index contributed by atoms with van der Waals surface area (Å²) in [6.45, 7) is 2.46. The summed E-state index contributed by atoms with van der Waals surface area (Å²) in [4.78, 5) is 13.4. The molecule has 1 unspecified atom stereocenters. The third kappa shape index (κ3) is 5.37. The van der Waals surface area contributed by atoms with Gasteiger partial charge in [0.1, 0.15) is 5.76 Å². The van der Waals surface area contributed by atoms with Crippen LogP contribution in [0.2, 0.25) is 0 Å². The van der Waals surface area contributed by atoms with E-state index in [1.165, 1.54) is 0 Å². The molecule has 1 heterocycles. The van der Waals surface area contributed by atoms with Gasteiger partial charge in [-0.2, -0.15) is 0 Å². The maximum atomic E-state index is 11.8. The molecular formula is C12H19BrN2O2. The second-order valence-electron chi connectivity index (χ2n) is 4.33. The molecule has 0 aliphatic heterocycles. The van der Waals surface area contributed by atoms with Crippen LogP contribution in [0.3, 0.4) is 0 Å². The summed E-state index contributed by atoms with van der Waals surface area (Å²) in [6, 6.07) is 3.84. The molecule has 0 bridgehead atoms. The highest BCUT2D eigenvalue weighted by Crippen LogP contribution is 2.15. The second kappa shape index (κ2) is 6.81. The molecule has 1 atom stereocenters. The number of amides is 1. The van der Waals surface area contributed by atoms with Crippen molar-refractivity contribution in [2.75, 3.05) is 7.05 Å². The summed E-state index contributed by atoms with van der Waals surface area (Å²) >= 11 is 3.23. The first-order chi connectivity index (χ1) is 7.99. The molecule has 0 saturated carbocycles. The number of halogens is 1. The van der Waals surface area contributed by atoms with E-state index >= 15 is 0 Å². The minimum absolute atomic E-state index is 0.123. The first kappa shape index (κ1) is 14.3. The molecule has 0 fully saturated rings. The van der Waals surface area contributed by atoms with E-state index in [9.17, 15) is 4.79 Å². The highest BCUT2D eigenvalue weighted by Gasteiger charge is 2.11. The zero-order valence-corrected chi connectivity index (χ0v) is 11.9. The van der Waals surface area contributed by atoms with Gasteiger partial charge in [-0.3, -0.25) is 4.79 Å². The third-order valence-electron chi connectivity index (χ3n) is 2.50. The van der Waals surface area contributed by atoms with Crippen LogP contribution in [0.5, 0.6) is 0 Å². The summed E-state index contributed by atoms with van der Waals surface area (Å²) < 4.78 is 6.04. The molecule has 0 aliphatic carbocycles. The Morgan fingerprint density at radius 1 is 1.59 bits per heavy atom. The zero-order chi connectivity index (χ0) is 12.8. The van der Waals surface area contributed by atoms with Gasteiger partial charge in [0.05, 0.1) is 6.54 Å². The van der Waals surface area contributed by atoms with Gasteiger partial charge in [-0.05, 0) is 47.8 Å². The van der Waals surface area contributed by atoms with E-state index < -0.39 is 0 Å². The van der Waals surface area contributed by atoms with E-state index in [-0.39, 0.29) is 11.9 Å². The highest BCUT2D eigenvalue weighted by molar-refractivity contribution is 9.10. The fraction of sp³-hybridized carbons (Fsp3) is 0.583. The minimum atomic E-state index is 0.123. The van der Waals surface area contributed by atoms with Crippen LogP contribution in [-0.4, -0.2) is 23.9 Å². The van der Waals surface area contributed by atoms with Crippen LogP contribution in [0.25, 0.3) is 0 Å². The van der Waals surface area contributed by atoms with Crippen LogP contribution in [0.15, 0.2) is 21.2 Å². The number of furan rings is 1. The van der Waals surface area contributed by atoms with Gasteiger partial charge in [0.25, 0.3) is 0 Å². The van der Waals surface area contributed by atoms with Gasteiger partial charge in [0.15, 0.2) is 4.67 Å². The quantitative estimate of drug-likeness (QED) is 0.878. The van der Waals surface area contributed by atoms with E-state index in [1.807, 2.05) is 19.1 Å². The number of carbonyl (C=O) groups is 1. The van der Waals surface area contributed by atoms with Gasteiger partial charge in [0, 0.05) is 19.5 Å². The number of nitrogens with two attached hydrogens (primary N) is 1. The molecule has 0 aliphatic rings. The number of nitrogens with zero attached hydrogens (tertiary/aromatic N) is 1. The zero-order valence-electron chi connectivity index (χ0n) is 10.3. The van der Waals surface area contributed by atoms with Crippen molar-refractivity contribution in [3.05, 3.63) is 22.6 Å². The summed E-state index contributed by atoms with van der Waals surface area (Å²) in [5, 5.41) is 0. The molecule has 5 heteroatoms. The minimum Gasteiger partial charge on any atom is -0.452 e. The largest absolute Gasteiger partial charge is 0.452 e. The molecule has 1 amide bonds. The van der Waals surface area contributed by atoms with Crippen LogP contribution in [0, 0.1) is 0 Å². The molecule has 4 nitrogen and oxygen atoms in total. The molecular weight excluding hydrogens is 284 g/mol. The Balaban J connectivity index is 2.31. The summed E-state index contributed by atoms with van der Waals surface area (Å²) in [7, 11) is 1.78. The monoisotopic (exact) mass is 302 g/mol. The van der Waals surface area contributed by atoms with Crippen molar-refractivity contribution in [2.45, 2.75) is 38.8 Å². The van der Waals surface area contributed by atoms with Crippen LogP contribution < -0.4 is 5.73 Å². The fourth-order valence-corrected chi connectivity index (χ4v) is 1.86. The number of hydrogen-bond donors (Lipinski definition) is 1. The molecule has 96 valence electrons. The van der Waals surface area contributed by atoms with Gasteiger partial charge in [-0.25, -0.2) is 0 Å². The molecule has 0 radical (unpaired) electrons. The van der Waals surface area contributed by atoms with Crippen molar-refractivity contribution < 1.29 is 9.21 Å². The maximum Gasteiger partial charge on any atom is 0.222 e. The summed E-state index contributed by atoms with van der Waals surface area (Å²) in [6.07, 6.45) is 2.26. The molecule has 1 rings (SSSR count). The Bertz CT molecular complexity index is 363. The smallest absolute Gasteiger partial charge is 0.222 e. The number of rotatable bonds is 6. The van der Waals surface area contributed by atoms with E-state index in [2.05, 4.69) is 15.9 Å². The lowest BCUT2D eigenvalue weighted by atomic mass is 10.1. The molecule has 1 aromatic rings. The van der Waals surface area contributed by atoms with Crippen molar-refractivity contribution in [1.82, 2.24) is 4.90 Å². The van der Waals surface area contributed by atoms with Crippen LogP contribution in [0.1, 0.15) is 31.9 Å². The van der Waals surface area contributed by atoms with Crippen molar-refractivity contribution >= 4 is 21.8 Å². The molecule has 17 heavy (non-hydrogen) atoms. The van der Waals surface area contributed by atoms with Gasteiger partial charge in [-0.1, -0.05) is 0 Å². The van der Waals surface area contributed by atoms with Gasteiger partial charge < -0.3 is 15.1 Å². The van der Waals surface area contributed by atoms with Gasteiger partial charge in [-0.15, -0.1) is 0 Å². The van der Waals surface area contributed by atoms with Crippen LogP contribution >= 0.6 is 15.9 Å². The van der Waals surface area contributed by atoms with Crippen LogP contribution in [-0.2, 0) is 11.3 Å². The molecule has 2 N–H and O–H groups in total. The average molecular weight is 303 g/mol. The van der Waals surface area contributed by atoms with Crippen molar-refractivity contribution in [1.29, 1.82) is 0 Å². The highest BCUT2D eigenvalue weighted by atomic mass is 79.9. The van der Waals surface area contributed by atoms with E-state index in [1.54, 1.807) is 11.9 Å². The molecule has 0 saturated heterocycles. The average Bonchev–Trinajstić information content (AvgIpc) is 2.63. The number of hydrogen-bond acceptors (Lipinski definition) is 3. The standard InChI is InChI=1S/C12H19BrN2O2/c1-9(14)4-3-5-12(16)15(2)8-10-6-7-11(13)17-10/h6-7,9H,3-5,8,14H2,1-2H3. The van der Waals surface area contributed by atoms with Crippen LogP contribution in [0.4, 0.5) is 0 Å². The first-order valence-corrected chi connectivity index (χ1v) is 6.52. The molecule has 0 aromatic carbocycles. The van der Waals surface area contributed by atoms with Crippen molar-refractivity contribution in [3.8, 4) is 0 Å². The van der Waals surface area contributed by atoms with E-state index in [0.717, 1.165) is 18.6 Å². The van der Waals surface area contributed by atoms with Gasteiger partial charge in [0.2, 0.25) is 5.91 Å². The molecule has 0 spiro atoms. The summed E-state index contributed by atoms with van der Waals surface area (Å²) in [5.41, 5.74) is 5.64. The Morgan fingerprint density at radius 3 is 2.82 bits per heavy atom.